The first-order valence-corrected chi connectivity index (χ1v) is 6.70. The Hall–Kier alpha value is -1.06. The summed E-state index contributed by atoms with van der Waals surface area (Å²) in [5, 5.41) is 0. The molecule has 0 aromatic heterocycles. The van der Waals surface area contributed by atoms with Crippen molar-refractivity contribution in [1.29, 1.82) is 0 Å². The molecule has 0 N–H and O–H groups in total. The molecule has 2 unspecified atom stereocenters. The van der Waals surface area contributed by atoms with Crippen LogP contribution in [0.2, 0.25) is 0 Å². The number of ether oxygens (including phenoxy) is 2. The van der Waals surface area contributed by atoms with E-state index >= 15 is 0 Å². The minimum absolute atomic E-state index is 0.294. The average molecular weight is 256 g/mol. The minimum Gasteiger partial charge on any atom is -0.469 e. The van der Waals surface area contributed by atoms with Crippen molar-refractivity contribution in [2.75, 3.05) is 7.11 Å². The van der Waals surface area contributed by atoms with Crippen molar-refractivity contribution in [3.8, 4) is 0 Å². The standard InChI is InChI=1S/C14H24O4/c1-10(12(15)17-4)11(2)13(16)18-14(3)8-6-5-7-9-14/h10-11H,5-9H2,1-4H3. The van der Waals surface area contributed by atoms with Gasteiger partial charge in [-0.3, -0.25) is 9.59 Å². The van der Waals surface area contributed by atoms with Gasteiger partial charge in [-0.05, 0) is 32.6 Å². The summed E-state index contributed by atoms with van der Waals surface area (Å²) in [6.45, 7) is 5.40. The lowest BCUT2D eigenvalue weighted by Crippen LogP contribution is -2.38. The summed E-state index contributed by atoms with van der Waals surface area (Å²) in [5.74, 6) is -1.59. The summed E-state index contributed by atoms with van der Waals surface area (Å²) in [6.07, 6.45) is 5.24. The predicted octanol–water partition coefficient (Wildman–Crippen LogP) is 2.70. The summed E-state index contributed by atoms with van der Waals surface area (Å²) in [6, 6.07) is 0. The fraction of sp³-hybridized carbons (Fsp3) is 0.857. The lowest BCUT2D eigenvalue weighted by molar-refractivity contribution is -0.171. The maximum absolute atomic E-state index is 12.0. The van der Waals surface area contributed by atoms with E-state index in [1.54, 1.807) is 13.8 Å². The van der Waals surface area contributed by atoms with E-state index in [0.717, 1.165) is 25.7 Å². The molecular weight excluding hydrogens is 232 g/mol. The monoisotopic (exact) mass is 256 g/mol. The zero-order valence-electron chi connectivity index (χ0n) is 11.8. The van der Waals surface area contributed by atoms with Crippen molar-refractivity contribution in [3.63, 3.8) is 0 Å². The SMILES string of the molecule is COC(=O)C(C)C(C)C(=O)OC1(C)CCCCC1. The van der Waals surface area contributed by atoms with Gasteiger partial charge in [0.2, 0.25) is 0 Å². The average Bonchev–Trinajstić information content (AvgIpc) is 2.36. The van der Waals surface area contributed by atoms with Crippen LogP contribution in [0.25, 0.3) is 0 Å². The second-order valence-corrected chi connectivity index (χ2v) is 5.53. The Morgan fingerprint density at radius 1 is 1.00 bits per heavy atom. The van der Waals surface area contributed by atoms with Crippen LogP contribution in [0.1, 0.15) is 52.9 Å². The molecule has 104 valence electrons. The fourth-order valence-corrected chi connectivity index (χ4v) is 2.33. The molecule has 0 aromatic carbocycles. The lowest BCUT2D eigenvalue weighted by atomic mass is 9.86. The summed E-state index contributed by atoms with van der Waals surface area (Å²) in [4.78, 5) is 23.4. The van der Waals surface area contributed by atoms with Crippen LogP contribution in [-0.4, -0.2) is 24.6 Å². The van der Waals surface area contributed by atoms with E-state index in [9.17, 15) is 9.59 Å². The van der Waals surface area contributed by atoms with Crippen LogP contribution in [-0.2, 0) is 19.1 Å². The fourth-order valence-electron chi connectivity index (χ4n) is 2.33. The molecule has 2 atom stereocenters. The molecule has 0 amide bonds. The number of esters is 2. The van der Waals surface area contributed by atoms with Crippen LogP contribution in [0, 0.1) is 11.8 Å². The number of rotatable bonds is 4. The van der Waals surface area contributed by atoms with Crippen molar-refractivity contribution in [2.24, 2.45) is 11.8 Å². The minimum atomic E-state index is -0.463. The number of hydrogen-bond acceptors (Lipinski definition) is 4. The van der Waals surface area contributed by atoms with Gasteiger partial charge in [-0.25, -0.2) is 0 Å². The number of methoxy groups -OCH3 is 1. The Labute approximate surface area is 109 Å². The predicted molar refractivity (Wildman–Crippen MR) is 67.9 cm³/mol. The smallest absolute Gasteiger partial charge is 0.310 e. The highest BCUT2D eigenvalue weighted by Crippen LogP contribution is 2.32. The molecule has 1 fully saturated rings. The Balaban J connectivity index is 2.56. The molecule has 0 saturated heterocycles. The van der Waals surface area contributed by atoms with Crippen molar-refractivity contribution in [1.82, 2.24) is 0 Å². The molecule has 0 aromatic rings. The summed E-state index contributed by atoms with van der Waals surface area (Å²) in [7, 11) is 1.33. The zero-order valence-corrected chi connectivity index (χ0v) is 11.8. The Kier molecular flexibility index (Phi) is 5.17. The molecule has 4 heteroatoms. The van der Waals surface area contributed by atoms with E-state index in [4.69, 9.17) is 4.74 Å². The highest BCUT2D eigenvalue weighted by Gasteiger charge is 2.35. The van der Waals surface area contributed by atoms with Gasteiger partial charge in [-0.15, -0.1) is 0 Å². The maximum atomic E-state index is 12.0. The summed E-state index contributed by atoms with van der Waals surface area (Å²) >= 11 is 0. The van der Waals surface area contributed by atoms with Gasteiger partial charge in [0, 0.05) is 0 Å². The van der Waals surface area contributed by atoms with Gasteiger partial charge in [-0.2, -0.15) is 0 Å². The van der Waals surface area contributed by atoms with E-state index in [0.29, 0.717) is 0 Å². The number of carbonyl (C=O) groups is 2. The van der Waals surface area contributed by atoms with Crippen LogP contribution in [0.3, 0.4) is 0 Å². The molecular formula is C14H24O4. The van der Waals surface area contributed by atoms with Gasteiger partial charge in [0.1, 0.15) is 5.60 Å². The second-order valence-electron chi connectivity index (χ2n) is 5.53. The Morgan fingerprint density at radius 2 is 1.50 bits per heavy atom. The third-order valence-electron chi connectivity index (χ3n) is 3.95. The van der Waals surface area contributed by atoms with Crippen molar-refractivity contribution in [2.45, 2.75) is 58.5 Å². The molecule has 1 saturated carbocycles. The first-order valence-electron chi connectivity index (χ1n) is 6.70. The Morgan fingerprint density at radius 3 is 2.00 bits per heavy atom. The highest BCUT2D eigenvalue weighted by atomic mass is 16.6. The molecule has 18 heavy (non-hydrogen) atoms. The number of carbonyl (C=O) groups excluding carboxylic acids is 2. The second kappa shape index (κ2) is 6.21. The molecule has 0 radical (unpaired) electrons. The van der Waals surface area contributed by atoms with Gasteiger partial charge in [0.05, 0.1) is 18.9 Å². The van der Waals surface area contributed by atoms with Crippen LogP contribution in [0.4, 0.5) is 0 Å². The molecule has 0 bridgehead atoms. The summed E-state index contributed by atoms with van der Waals surface area (Å²) in [5.41, 5.74) is -0.348. The highest BCUT2D eigenvalue weighted by molar-refractivity contribution is 5.81. The van der Waals surface area contributed by atoms with Crippen molar-refractivity contribution < 1.29 is 19.1 Å². The van der Waals surface area contributed by atoms with Gasteiger partial charge in [0.25, 0.3) is 0 Å². The van der Waals surface area contributed by atoms with Crippen LogP contribution < -0.4 is 0 Å². The van der Waals surface area contributed by atoms with Crippen molar-refractivity contribution >= 4 is 11.9 Å². The first kappa shape index (κ1) is 15.0. The van der Waals surface area contributed by atoms with Crippen LogP contribution in [0.15, 0.2) is 0 Å². The topological polar surface area (TPSA) is 52.6 Å². The van der Waals surface area contributed by atoms with Gasteiger partial charge < -0.3 is 9.47 Å². The normalized spacial score (nSPS) is 21.8. The van der Waals surface area contributed by atoms with E-state index in [-0.39, 0.29) is 17.5 Å². The van der Waals surface area contributed by atoms with Crippen LogP contribution in [0.5, 0.6) is 0 Å². The largest absolute Gasteiger partial charge is 0.469 e. The summed E-state index contributed by atoms with van der Waals surface area (Å²) < 4.78 is 10.3. The molecule has 1 aliphatic carbocycles. The van der Waals surface area contributed by atoms with Crippen molar-refractivity contribution in [3.05, 3.63) is 0 Å². The van der Waals surface area contributed by atoms with Crippen LogP contribution >= 0.6 is 0 Å². The molecule has 1 rings (SSSR count). The van der Waals surface area contributed by atoms with E-state index < -0.39 is 11.8 Å². The zero-order chi connectivity index (χ0) is 13.8. The van der Waals surface area contributed by atoms with Gasteiger partial charge >= 0.3 is 11.9 Å². The quantitative estimate of drug-likeness (QED) is 0.726. The molecule has 0 aliphatic heterocycles. The molecule has 0 heterocycles. The Bertz CT molecular complexity index is 305. The first-order chi connectivity index (χ1) is 8.39. The lowest BCUT2D eigenvalue weighted by Gasteiger charge is -2.34. The van der Waals surface area contributed by atoms with E-state index in [1.807, 2.05) is 6.92 Å². The van der Waals surface area contributed by atoms with E-state index in [2.05, 4.69) is 4.74 Å². The third kappa shape index (κ3) is 3.72. The van der Waals surface area contributed by atoms with Gasteiger partial charge in [0.15, 0.2) is 0 Å². The van der Waals surface area contributed by atoms with Gasteiger partial charge in [-0.1, -0.05) is 20.3 Å². The molecule has 4 nitrogen and oxygen atoms in total. The number of hydrogen-bond donors (Lipinski definition) is 0. The van der Waals surface area contributed by atoms with E-state index in [1.165, 1.54) is 13.5 Å². The third-order valence-corrected chi connectivity index (χ3v) is 3.95. The molecule has 1 aliphatic rings. The molecule has 0 spiro atoms. The maximum Gasteiger partial charge on any atom is 0.310 e.